The highest BCUT2D eigenvalue weighted by molar-refractivity contribution is 7.99. The summed E-state index contributed by atoms with van der Waals surface area (Å²) in [7, 11) is 1.95. The van der Waals surface area contributed by atoms with E-state index in [4.69, 9.17) is 5.73 Å². The Morgan fingerprint density at radius 1 is 1.69 bits per heavy atom. The van der Waals surface area contributed by atoms with E-state index in [1.165, 1.54) is 0 Å². The lowest BCUT2D eigenvalue weighted by atomic mass is 10.2. The number of nitrogens with zero attached hydrogens (tertiary/aromatic N) is 3. The summed E-state index contributed by atoms with van der Waals surface area (Å²) >= 11 is 1.73. The van der Waals surface area contributed by atoms with E-state index in [-0.39, 0.29) is 0 Å². The van der Waals surface area contributed by atoms with Crippen LogP contribution in [0, 0.1) is 0 Å². The van der Waals surface area contributed by atoms with E-state index < -0.39 is 0 Å². The van der Waals surface area contributed by atoms with Gasteiger partial charge in [-0.3, -0.25) is 0 Å². The highest BCUT2D eigenvalue weighted by Gasteiger charge is 2.01. The van der Waals surface area contributed by atoms with Crippen molar-refractivity contribution in [1.82, 2.24) is 14.8 Å². The van der Waals surface area contributed by atoms with Crippen LogP contribution in [0.3, 0.4) is 0 Å². The fraction of sp³-hybridized carbons (Fsp3) is 0.750. The molecule has 74 valence electrons. The Hall–Kier alpha value is -0.550. The molecule has 13 heavy (non-hydrogen) atoms. The van der Waals surface area contributed by atoms with Gasteiger partial charge < -0.3 is 10.3 Å². The van der Waals surface area contributed by atoms with Gasteiger partial charge in [-0.15, -0.1) is 10.2 Å². The summed E-state index contributed by atoms with van der Waals surface area (Å²) in [6.07, 6.45) is 3.92. The molecule has 5 heteroatoms. The molecule has 0 saturated carbocycles. The number of hydrogen-bond acceptors (Lipinski definition) is 4. The van der Waals surface area contributed by atoms with Crippen molar-refractivity contribution in [3.8, 4) is 0 Å². The van der Waals surface area contributed by atoms with Crippen molar-refractivity contribution in [2.24, 2.45) is 12.8 Å². The molecular formula is C8H16N4S. The summed E-state index contributed by atoms with van der Waals surface area (Å²) in [6, 6.07) is 0.306. The molecule has 1 aromatic heterocycles. The molecule has 1 rings (SSSR count). The third kappa shape index (κ3) is 3.78. The van der Waals surface area contributed by atoms with Gasteiger partial charge in [0.2, 0.25) is 0 Å². The first-order valence-corrected chi connectivity index (χ1v) is 5.41. The fourth-order valence-electron chi connectivity index (χ4n) is 0.972. The SMILES string of the molecule is CC(N)CCCSc1nncn1C. The van der Waals surface area contributed by atoms with E-state index >= 15 is 0 Å². The quantitative estimate of drug-likeness (QED) is 0.570. The van der Waals surface area contributed by atoms with Crippen LogP contribution in [-0.4, -0.2) is 26.6 Å². The van der Waals surface area contributed by atoms with Crippen molar-refractivity contribution in [3.05, 3.63) is 6.33 Å². The average Bonchev–Trinajstić information content (AvgIpc) is 2.45. The number of aryl methyl sites for hydroxylation is 1. The van der Waals surface area contributed by atoms with Gasteiger partial charge in [-0.05, 0) is 19.8 Å². The smallest absolute Gasteiger partial charge is 0.190 e. The van der Waals surface area contributed by atoms with Gasteiger partial charge in [0, 0.05) is 18.8 Å². The van der Waals surface area contributed by atoms with Crippen molar-refractivity contribution in [2.45, 2.75) is 31.0 Å². The van der Waals surface area contributed by atoms with Gasteiger partial charge in [0.1, 0.15) is 6.33 Å². The highest BCUT2D eigenvalue weighted by atomic mass is 32.2. The molecule has 0 fully saturated rings. The predicted octanol–water partition coefficient (Wildman–Crippen LogP) is 1.03. The third-order valence-corrected chi connectivity index (χ3v) is 2.83. The maximum Gasteiger partial charge on any atom is 0.190 e. The average molecular weight is 200 g/mol. The topological polar surface area (TPSA) is 56.7 Å². The van der Waals surface area contributed by atoms with Crippen LogP contribution in [0.5, 0.6) is 0 Å². The monoisotopic (exact) mass is 200 g/mol. The predicted molar refractivity (Wildman–Crippen MR) is 54.6 cm³/mol. The molecular weight excluding hydrogens is 184 g/mol. The van der Waals surface area contributed by atoms with Crippen LogP contribution in [0.25, 0.3) is 0 Å². The Bertz CT molecular complexity index is 246. The first kappa shape index (κ1) is 10.5. The van der Waals surface area contributed by atoms with E-state index in [1.807, 2.05) is 18.5 Å². The largest absolute Gasteiger partial charge is 0.328 e. The molecule has 0 saturated heterocycles. The van der Waals surface area contributed by atoms with E-state index in [9.17, 15) is 0 Å². The van der Waals surface area contributed by atoms with E-state index in [2.05, 4.69) is 10.2 Å². The lowest BCUT2D eigenvalue weighted by Gasteiger charge is -2.03. The van der Waals surface area contributed by atoms with E-state index in [0.29, 0.717) is 6.04 Å². The second kappa shape index (κ2) is 5.24. The maximum absolute atomic E-state index is 5.64. The van der Waals surface area contributed by atoms with Gasteiger partial charge in [-0.1, -0.05) is 11.8 Å². The van der Waals surface area contributed by atoms with E-state index in [0.717, 1.165) is 23.8 Å². The van der Waals surface area contributed by atoms with Crippen molar-refractivity contribution >= 4 is 11.8 Å². The second-order valence-electron chi connectivity index (χ2n) is 3.19. The van der Waals surface area contributed by atoms with Crippen molar-refractivity contribution in [2.75, 3.05) is 5.75 Å². The lowest BCUT2D eigenvalue weighted by Crippen LogP contribution is -2.14. The Labute approximate surface area is 82.9 Å². The Balaban J connectivity index is 2.17. The van der Waals surface area contributed by atoms with Crippen molar-refractivity contribution < 1.29 is 0 Å². The minimum absolute atomic E-state index is 0.306. The molecule has 1 atom stereocenters. The molecule has 0 aromatic carbocycles. The second-order valence-corrected chi connectivity index (χ2v) is 4.25. The Morgan fingerprint density at radius 3 is 3.00 bits per heavy atom. The Morgan fingerprint density at radius 2 is 2.46 bits per heavy atom. The zero-order valence-corrected chi connectivity index (χ0v) is 8.92. The summed E-state index contributed by atoms with van der Waals surface area (Å²) < 4.78 is 1.93. The summed E-state index contributed by atoms with van der Waals surface area (Å²) in [4.78, 5) is 0. The fourth-order valence-corrected chi connectivity index (χ4v) is 1.82. The van der Waals surface area contributed by atoms with Crippen LogP contribution in [0.15, 0.2) is 11.5 Å². The van der Waals surface area contributed by atoms with Crippen LogP contribution in [0.2, 0.25) is 0 Å². The van der Waals surface area contributed by atoms with Crippen LogP contribution in [-0.2, 0) is 7.05 Å². The Kier molecular flexibility index (Phi) is 4.24. The summed E-state index contributed by atoms with van der Waals surface area (Å²) in [5.74, 6) is 1.06. The summed E-state index contributed by atoms with van der Waals surface area (Å²) in [6.45, 7) is 2.03. The van der Waals surface area contributed by atoms with Crippen LogP contribution in [0.1, 0.15) is 19.8 Å². The first-order valence-electron chi connectivity index (χ1n) is 4.42. The number of thioether (sulfide) groups is 1. The number of nitrogens with two attached hydrogens (primary N) is 1. The molecule has 0 aliphatic heterocycles. The van der Waals surface area contributed by atoms with Crippen molar-refractivity contribution in [3.63, 3.8) is 0 Å². The number of rotatable bonds is 5. The molecule has 1 unspecified atom stereocenters. The van der Waals surface area contributed by atoms with E-state index in [1.54, 1.807) is 18.1 Å². The van der Waals surface area contributed by atoms with Crippen LogP contribution in [0.4, 0.5) is 0 Å². The molecule has 0 spiro atoms. The molecule has 0 amide bonds. The zero-order chi connectivity index (χ0) is 9.68. The summed E-state index contributed by atoms with van der Waals surface area (Å²) in [5, 5.41) is 8.76. The maximum atomic E-state index is 5.64. The standard InChI is InChI=1S/C8H16N4S/c1-7(9)4-3-5-13-8-11-10-6-12(8)2/h6-7H,3-5,9H2,1-2H3. The molecule has 0 aliphatic carbocycles. The van der Waals surface area contributed by atoms with Gasteiger partial charge in [0.25, 0.3) is 0 Å². The highest BCUT2D eigenvalue weighted by Crippen LogP contribution is 2.15. The van der Waals surface area contributed by atoms with Gasteiger partial charge in [-0.25, -0.2) is 0 Å². The molecule has 4 nitrogen and oxygen atoms in total. The first-order chi connectivity index (χ1) is 6.20. The van der Waals surface area contributed by atoms with Gasteiger partial charge in [0.15, 0.2) is 5.16 Å². The van der Waals surface area contributed by atoms with Gasteiger partial charge in [0.05, 0.1) is 0 Å². The summed E-state index contributed by atoms with van der Waals surface area (Å²) in [5.41, 5.74) is 5.64. The lowest BCUT2D eigenvalue weighted by molar-refractivity contribution is 0.655. The molecule has 0 bridgehead atoms. The van der Waals surface area contributed by atoms with Gasteiger partial charge >= 0.3 is 0 Å². The third-order valence-electron chi connectivity index (χ3n) is 1.70. The minimum atomic E-state index is 0.306. The van der Waals surface area contributed by atoms with Crippen LogP contribution < -0.4 is 5.73 Å². The number of aromatic nitrogens is 3. The molecule has 0 aliphatic rings. The minimum Gasteiger partial charge on any atom is -0.328 e. The molecule has 0 radical (unpaired) electrons. The number of hydrogen-bond donors (Lipinski definition) is 1. The van der Waals surface area contributed by atoms with Gasteiger partial charge in [-0.2, -0.15) is 0 Å². The molecule has 1 heterocycles. The van der Waals surface area contributed by atoms with Crippen LogP contribution >= 0.6 is 11.8 Å². The zero-order valence-electron chi connectivity index (χ0n) is 8.10. The molecule has 1 aromatic rings. The normalized spacial score (nSPS) is 13.2. The van der Waals surface area contributed by atoms with Crippen molar-refractivity contribution in [1.29, 1.82) is 0 Å². The molecule has 2 N–H and O–H groups in total.